The molecule has 0 aromatic heterocycles. The van der Waals surface area contributed by atoms with Crippen molar-refractivity contribution >= 4 is 11.6 Å². The lowest BCUT2D eigenvalue weighted by Crippen LogP contribution is -2.26. The minimum atomic E-state index is 0.0477. The third-order valence-corrected chi connectivity index (χ3v) is 4.99. The summed E-state index contributed by atoms with van der Waals surface area (Å²) >= 11 is 0. The van der Waals surface area contributed by atoms with E-state index in [0.29, 0.717) is 11.2 Å². The molecule has 118 valence electrons. The van der Waals surface area contributed by atoms with Crippen LogP contribution in [0.25, 0.3) is 0 Å². The molecule has 22 heavy (non-hydrogen) atoms. The summed E-state index contributed by atoms with van der Waals surface area (Å²) in [5.74, 6) is 1.61. The fraction of sp³-hybridized carbons (Fsp3) is 0.529. The van der Waals surface area contributed by atoms with Crippen molar-refractivity contribution in [3.63, 3.8) is 0 Å². The number of carbonyl (C=O) groups is 1. The predicted molar refractivity (Wildman–Crippen MR) is 84.3 cm³/mol. The summed E-state index contributed by atoms with van der Waals surface area (Å²) in [6.45, 7) is 1.86. The number of benzene rings is 1. The summed E-state index contributed by atoms with van der Waals surface area (Å²) in [6, 6.07) is 5.54. The van der Waals surface area contributed by atoms with Crippen molar-refractivity contribution in [2.45, 2.75) is 32.6 Å². The summed E-state index contributed by atoms with van der Waals surface area (Å²) in [7, 11) is 3.22. The van der Waals surface area contributed by atoms with E-state index in [9.17, 15) is 4.79 Å². The highest BCUT2D eigenvalue weighted by molar-refractivity contribution is 6.02. The second-order valence-corrected chi connectivity index (χ2v) is 6.21. The van der Waals surface area contributed by atoms with Crippen molar-refractivity contribution in [1.82, 2.24) is 5.43 Å². The van der Waals surface area contributed by atoms with E-state index in [-0.39, 0.29) is 11.8 Å². The first-order valence-corrected chi connectivity index (χ1v) is 7.66. The maximum Gasteiger partial charge on any atom is 0.243 e. The second-order valence-electron chi connectivity index (χ2n) is 6.21. The second kappa shape index (κ2) is 5.63. The Bertz CT molecular complexity index is 620. The Morgan fingerprint density at radius 2 is 2.09 bits per heavy atom. The van der Waals surface area contributed by atoms with Gasteiger partial charge in [-0.15, -0.1) is 0 Å². The molecular formula is C17H22N2O3. The number of rotatable bonds is 5. The Morgan fingerprint density at radius 3 is 2.64 bits per heavy atom. The summed E-state index contributed by atoms with van der Waals surface area (Å²) in [5, 5.41) is 4.24. The van der Waals surface area contributed by atoms with Crippen LogP contribution in [-0.2, 0) is 4.79 Å². The number of hydrogen-bond acceptors (Lipinski definition) is 4. The van der Waals surface area contributed by atoms with Crippen molar-refractivity contribution in [2.24, 2.45) is 16.4 Å². The normalized spacial score (nSPS) is 22.0. The largest absolute Gasteiger partial charge is 0.497 e. The van der Waals surface area contributed by atoms with Crippen molar-refractivity contribution in [1.29, 1.82) is 0 Å². The number of carbonyl (C=O) groups excluding carboxylic acids is 1. The minimum absolute atomic E-state index is 0.0477. The van der Waals surface area contributed by atoms with Crippen LogP contribution in [0.15, 0.2) is 23.3 Å². The van der Waals surface area contributed by atoms with E-state index in [2.05, 4.69) is 10.5 Å². The molecule has 0 saturated heterocycles. The van der Waals surface area contributed by atoms with Gasteiger partial charge in [-0.2, -0.15) is 5.10 Å². The van der Waals surface area contributed by atoms with Gasteiger partial charge in [0.2, 0.25) is 5.91 Å². The lowest BCUT2D eigenvalue weighted by molar-refractivity contribution is -0.123. The Labute approximate surface area is 130 Å². The highest BCUT2D eigenvalue weighted by Gasteiger charge is 2.60. The van der Waals surface area contributed by atoms with Crippen LogP contribution in [-0.4, -0.2) is 25.8 Å². The van der Waals surface area contributed by atoms with Crippen molar-refractivity contribution in [2.75, 3.05) is 14.2 Å². The van der Waals surface area contributed by atoms with Gasteiger partial charge < -0.3 is 9.47 Å². The molecule has 3 rings (SSSR count). The number of ether oxygens (including phenoxy) is 2. The van der Waals surface area contributed by atoms with Crippen LogP contribution in [0.4, 0.5) is 0 Å². The number of hydrogen-bond donors (Lipinski definition) is 1. The number of hydrazone groups is 1. The van der Waals surface area contributed by atoms with Crippen LogP contribution in [0, 0.1) is 11.3 Å². The smallest absolute Gasteiger partial charge is 0.243 e. The van der Waals surface area contributed by atoms with Crippen LogP contribution < -0.4 is 14.9 Å². The van der Waals surface area contributed by atoms with E-state index in [1.807, 2.05) is 19.1 Å². The Morgan fingerprint density at radius 1 is 1.32 bits per heavy atom. The molecular weight excluding hydrogens is 280 g/mol. The van der Waals surface area contributed by atoms with Crippen molar-refractivity contribution in [3.8, 4) is 11.5 Å². The number of methoxy groups -OCH3 is 2. The molecule has 2 fully saturated rings. The van der Waals surface area contributed by atoms with Gasteiger partial charge >= 0.3 is 0 Å². The minimum Gasteiger partial charge on any atom is -0.497 e. The molecule has 1 atom stereocenters. The molecule has 1 spiro atoms. The molecule has 0 unspecified atom stereocenters. The SMILES string of the molecule is COc1ccc(C(C)=NNC(=O)[C@@H]2CC23CCC3)c(OC)c1. The molecule has 2 aliphatic rings. The summed E-state index contributed by atoms with van der Waals surface area (Å²) in [4.78, 5) is 12.1. The molecule has 5 nitrogen and oxygen atoms in total. The first kappa shape index (κ1) is 14.9. The number of nitrogens with zero attached hydrogens (tertiary/aromatic N) is 1. The standard InChI is InChI=1S/C17H22N2O3/c1-11(13-6-5-12(21-2)9-15(13)22-3)18-19-16(20)14-10-17(14)7-4-8-17/h5-6,9,14H,4,7-8,10H2,1-3H3,(H,19,20)/t14-/m0/s1. The molecule has 0 aliphatic heterocycles. The molecule has 1 aromatic carbocycles. The van der Waals surface area contributed by atoms with Gasteiger partial charge in [0.25, 0.3) is 0 Å². The molecule has 2 aliphatic carbocycles. The van der Waals surface area contributed by atoms with Gasteiger partial charge in [0.15, 0.2) is 0 Å². The van der Waals surface area contributed by atoms with E-state index in [4.69, 9.17) is 9.47 Å². The Kier molecular flexibility index (Phi) is 3.81. The van der Waals surface area contributed by atoms with Gasteiger partial charge in [-0.05, 0) is 43.7 Å². The molecule has 0 radical (unpaired) electrons. The average molecular weight is 302 g/mol. The molecule has 2 saturated carbocycles. The first-order chi connectivity index (χ1) is 10.6. The van der Waals surface area contributed by atoms with Crippen LogP contribution in [0.2, 0.25) is 0 Å². The van der Waals surface area contributed by atoms with Crippen molar-refractivity contribution < 1.29 is 14.3 Å². The topological polar surface area (TPSA) is 59.9 Å². The lowest BCUT2D eigenvalue weighted by atomic mass is 9.80. The Balaban J connectivity index is 1.68. The molecule has 1 amide bonds. The Hall–Kier alpha value is -2.04. The number of amides is 1. The van der Waals surface area contributed by atoms with Gasteiger partial charge in [-0.3, -0.25) is 4.79 Å². The highest BCUT2D eigenvalue weighted by Crippen LogP contribution is 2.65. The molecule has 0 heterocycles. The zero-order valence-electron chi connectivity index (χ0n) is 13.3. The van der Waals surface area contributed by atoms with Crippen LogP contribution in [0.1, 0.15) is 38.2 Å². The quantitative estimate of drug-likeness (QED) is 0.672. The molecule has 1 aromatic rings. The van der Waals surface area contributed by atoms with Crippen LogP contribution in [0.3, 0.4) is 0 Å². The third kappa shape index (κ3) is 2.56. The van der Waals surface area contributed by atoms with Gasteiger partial charge in [0.1, 0.15) is 11.5 Å². The predicted octanol–water partition coefficient (Wildman–Crippen LogP) is 2.73. The first-order valence-electron chi connectivity index (χ1n) is 7.66. The van der Waals surface area contributed by atoms with E-state index < -0.39 is 0 Å². The zero-order valence-corrected chi connectivity index (χ0v) is 13.3. The monoisotopic (exact) mass is 302 g/mol. The van der Waals surface area contributed by atoms with E-state index in [1.54, 1.807) is 20.3 Å². The van der Waals surface area contributed by atoms with E-state index >= 15 is 0 Å². The van der Waals surface area contributed by atoms with Gasteiger partial charge in [0, 0.05) is 17.5 Å². The van der Waals surface area contributed by atoms with E-state index in [1.165, 1.54) is 19.3 Å². The maximum absolute atomic E-state index is 12.1. The zero-order chi connectivity index (χ0) is 15.7. The fourth-order valence-electron chi connectivity index (χ4n) is 3.28. The molecule has 5 heteroatoms. The van der Waals surface area contributed by atoms with E-state index in [0.717, 1.165) is 23.4 Å². The van der Waals surface area contributed by atoms with Gasteiger partial charge in [-0.1, -0.05) is 6.42 Å². The van der Waals surface area contributed by atoms with Gasteiger partial charge in [-0.25, -0.2) is 5.43 Å². The van der Waals surface area contributed by atoms with Crippen LogP contribution in [0.5, 0.6) is 11.5 Å². The fourth-order valence-corrected chi connectivity index (χ4v) is 3.28. The maximum atomic E-state index is 12.1. The average Bonchev–Trinajstić information content (AvgIpc) is 3.27. The summed E-state index contributed by atoms with van der Waals surface area (Å²) in [5.41, 5.74) is 4.60. The third-order valence-electron chi connectivity index (χ3n) is 4.99. The highest BCUT2D eigenvalue weighted by atomic mass is 16.5. The van der Waals surface area contributed by atoms with Crippen molar-refractivity contribution in [3.05, 3.63) is 23.8 Å². The lowest BCUT2D eigenvalue weighted by Gasteiger charge is -2.25. The van der Waals surface area contributed by atoms with Gasteiger partial charge in [0.05, 0.1) is 19.9 Å². The molecule has 1 N–H and O–H groups in total. The summed E-state index contributed by atoms with van der Waals surface area (Å²) in [6.07, 6.45) is 4.68. The number of nitrogens with one attached hydrogen (secondary N) is 1. The van der Waals surface area contributed by atoms with Crippen LogP contribution >= 0.6 is 0 Å². The molecule has 0 bridgehead atoms. The summed E-state index contributed by atoms with van der Waals surface area (Å²) < 4.78 is 10.5.